The number of carbonyl (C=O) groups is 1. The summed E-state index contributed by atoms with van der Waals surface area (Å²) in [6.45, 7) is 4.42. The largest absolute Gasteiger partial charge is 0.347 e. The van der Waals surface area contributed by atoms with E-state index in [-0.39, 0.29) is 5.91 Å². The second-order valence-corrected chi connectivity index (χ2v) is 6.48. The van der Waals surface area contributed by atoms with Gasteiger partial charge in [-0.25, -0.2) is 9.97 Å². The molecule has 2 aromatic carbocycles. The van der Waals surface area contributed by atoms with Crippen molar-refractivity contribution in [3.05, 3.63) is 82.3 Å². The Labute approximate surface area is 157 Å². The minimum atomic E-state index is -0.246. The summed E-state index contributed by atoms with van der Waals surface area (Å²) in [4.78, 5) is 20.6. The van der Waals surface area contributed by atoms with Gasteiger partial charge < -0.3 is 10.6 Å². The minimum absolute atomic E-state index is 0.246. The molecule has 0 radical (unpaired) electrons. The summed E-state index contributed by atoms with van der Waals surface area (Å²) in [5.41, 5.74) is 4.39. The molecule has 0 saturated carbocycles. The Hall–Kier alpha value is -2.92. The van der Waals surface area contributed by atoms with Gasteiger partial charge in [0.15, 0.2) is 0 Å². The van der Waals surface area contributed by atoms with Gasteiger partial charge in [0.25, 0.3) is 5.91 Å². The molecule has 1 heterocycles. The summed E-state index contributed by atoms with van der Waals surface area (Å²) < 4.78 is 0. The third kappa shape index (κ3) is 4.58. The first-order valence-electron chi connectivity index (χ1n) is 8.20. The number of hydrogen-bond donors (Lipinski definition) is 2. The normalized spacial score (nSPS) is 10.4. The summed E-state index contributed by atoms with van der Waals surface area (Å²) in [5.74, 6) is 0.301. The second-order valence-electron chi connectivity index (χ2n) is 6.04. The van der Waals surface area contributed by atoms with Crippen molar-refractivity contribution in [2.24, 2.45) is 0 Å². The molecule has 5 nitrogen and oxygen atoms in total. The van der Waals surface area contributed by atoms with Crippen LogP contribution in [0, 0.1) is 13.8 Å². The van der Waals surface area contributed by atoms with Gasteiger partial charge in [-0.2, -0.15) is 0 Å². The quantitative estimate of drug-likeness (QED) is 0.701. The van der Waals surface area contributed by atoms with Gasteiger partial charge in [-0.3, -0.25) is 4.79 Å². The van der Waals surface area contributed by atoms with Crippen molar-refractivity contribution < 1.29 is 4.79 Å². The highest BCUT2D eigenvalue weighted by atomic mass is 35.5. The molecule has 0 fully saturated rings. The maximum absolute atomic E-state index is 12.4. The van der Waals surface area contributed by atoms with Crippen LogP contribution in [0.1, 0.15) is 27.2 Å². The highest BCUT2D eigenvalue weighted by molar-refractivity contribution is 6.30. The van der Waals surface area contributed by atoms with Crippen molar-refractivity contribution in [2.75, 3.05) is 5.32 Å². The molecule has 3 rings (SSSR count). The molecular weight excluding hydrogens is 348 g/mol. The van der Waals surface area contributed by atoms with Crippen LogP contribution in [-0.4, -0.2) is 15.9 Å². The number of aryl methyl sites for hydroxylation is 2. The Morgan fingerprint density at radius 3 is 2.54 bits per heavy atom. The number of anilines is 2. The van der Waals surface area contributed by atoms with E-state index in [0.717, 1.165) is 16.8 Å². The molecular formula is C20H19ClN4O. The zero-order valence-corrected chi connectivity index (χ0v) is 15.3. The molecule has 0 saturated heterocycles. The van der Waals surface area contributed by atoms with Crippen molar-refractivity contribution in [1.29, 1.82) is 0 Å². The van der Waals surface area contributed by atoms with Gasteiger partial charge in [0.1, 0.15) is 17.8 Å². The molecule has 1 aromatic heterocycles. The predicted molar refractivity (Wildman–Crippen MR) is 104 cm³/mol. The summed E-state index contributed by atoms with van der Waals surface area (Å²) in [6.07, 6.45) is 1.37. The number of benzene rings is 2. The van der Waals surface area contributed by atoms with Crippen LogP contribution in [0.15, 0.2) is 54.9 Å². The van der Waals surface area contributed by atoms with Crippen LogP contribution >= 0.6 is 11.6 Å². The Kier molecular flexibility index (Phi) is 5.49. The van der Waals surface area contributed by atoms with E-state index < -0.39 is 0 Å². The molecule has 0 atom stereocenters. The topological polar surface area (TPSA) is 66.9 Å². The average Bonchev–Trinajstić information content (AvgIpc) is 2.63. The van der Waals surface area contributed by atoms with Crippen molar-refractivity contribution in [2.45, 2.75) is 20.4 Å². The molecule has 26 heavy (non-hydrogen) atoms. The fraction of sp³-hybridized carbons (Fsp3) is 0.150. The number of nitrogens with zero attached hydrogens (tertiary/aromatic N) is 2. The van der Waals surface area contributed by atoms with Gasteiger partial charge >= 0.3 is 0 Å². The van der Waals surface area contributed by atoms with E-state index in [1.807, 2.05) is 50.2 Å². The van der Waals surface area contributed by atoms with E-state index in [0.29, 0.717) is 23.1 Å². The molecule has 0 aliphatic heterocycles. The number of hydrogen-bond acceptors (Lipinski definition) is 4. The van der Waals surface area contributed by atoms with E-state index >= 15 is 0 Å². The second kappa shape index (κ2) is 7.97. The third-order valence-corrected chi connectivity index (χ3v) is 4.16. The number of carbonyl (C=O) groups excluding carboxylic acids is 1. The Morgan fingerprint density at radius 1 is 1.04 bits per heavy atom. The maximum atomic E-state index is 12.4. The van der Waals surface area contributed by atoms with Gasteiger partial charge in [-0.05, 0) is 43.2 Å². The van der Waals surface area contributed by atoms with Crippen LogP contribution in [0.4, 0.5) is 11.5 Å². The summed E-state index contributed by atoms with van der Waals surface area (Å²) >= 11 is 5.97. The van der Waals surface area contributed by atoms with Crippen LogP contribution in [-0.2, 0) is 6.54 Å². The first-order valence-corrected chi connectivity index (χ1v) is 8.58. The first-order chi connectivity index (χ1) is 12.5. The molecule has 3 aromatic rings. The monoisotopic (exact) mass is 366 g/mol. The number of halogens is 1. The maximum Gasteiger partial charge on any atom is 0.270 e. The Morgan fingerprint density at radius 2 is 1.81 bits per heavy atom. The lowest BCUT2D eigenvalue weighted by molar-refractivity contribution is 0.0946. The third-order valence-electron chi connectivity index (χ3n) is 3.92. The summed E-state index contributed by atoms with van der Waals surface area (Å²) in [5, 5.41) is 6.73. The first kappa shape index (κ1) is 17.9. The van der Waals surface area contributed by atoms with Crippen LogP contribution < -0.4 is 10.6 Å². The van der Waals surface area contributed by atoms with Crippen molar-refractivity contribution in [3.63, 3.8) is 0 Å². The van der Waals surface area contributed by atoms with Gasteiger partial charge in [0.05, 0.1) is 0 Å². The Balaban J connectivity index is 1.68. The van der Waals surface area contributed by atoms with Gasteiger partial charge in [-0.1, -0.05) is 41.4 Å². The van der Waals surface area contributed by atoms with Crippen LogP contribution in [0.5, 0.6) is 0 Å². The van der Waals surface area contributed by atoms with E-state index in [2.05, 4.69) is 20.6 Å². The number of nitrogens with one attached hydrogen (secondary N) is 2. The molecule has 0 unspecified atom stereocenters. The molecule has 0 aliphatic rings. The average molecular weight is 367 g/mol. The molecule has 1 amide bonds. The zero-order valence-electron chi connectivity index (χ0n) is 14.6. The smallest absolute Gasteiger partial charge is 0.270 e. The lowest BCUT2D eigenvalue weighted by atomic mass is 10.1. The van der Waals surface area contributed by atoms with E-state index in [1.165, 1.54) is 11.9 Å². The molecule has 0 aliphatic carbocycles. The molecule has 2 N–H and O–H groups in total. The number of aromatic nitrogens is 2. The van der Waals surface area contributed by atoms with Gasteiger partial charge in [0, 0.05) is 23.3 Å². The van der Waals surface area contributed by atoms with Gasteiger partial charge in [-0.15, -0.1) is 0 Å². The van der Waals surface area contributed by atoms with Gasteiger partial charge in [0.2, 0.25) is 0 Å². The minimum Gasteiger partial charge on any atom is -0.347 e. The summed E-state index contributed by atoms with van der Waals surface area (Å²) in [7, 11) is 0. The lowest BCUT2D eigenvalue weighted by Crippen LogP contribution is -2.24. The van der Waals surface area contributed by atoms with Crippen molar-refractivity contribution >= 4 is 29.0 Å². The fourth-order valence-electron chi connectivity index (χ4n) is 2.43. The SMILES string of the molecule is Cc1ccc(CNC(=O)c2cc(Nc3ccc(Cl)cc3C)ncn2)cc1. The number of amides is 1. The van der Waals surface area contributed by atoms with Crippen molar-refractivity contribution in [3.8, 4) is 0 Å². The lowest BCUT2D eigenvalue weighted by Gasteiger charge is -2.10. The highest BCUT2D eigenvalue weighted by Crippen LogP contribution is 2.22. The molecule has 6 heteroatoms. The Bertz CT molecular complexity index is 925. The zero-order chi connectivity index (χ0) is 18.5. The van der Waals surface area contributed by atoms with E-state index in [4.69, 9.17) is 11.6 Å². The summed E-state index contributed by atoms with van der Waals surface area (Å²) in [6, 6.07) is 15.2. The molecule has 0 spiro atoms. The predicted octanol–water partition coefficient (Wildman–Crippen LogP) is 4.42. The van der Waals surface area contributed by atoms with Crippen LogP contribution in [0.2, 0.25) is 5.02 Å². The number of rotatable bonds is 5. The molecule has 132 valence electrons. The molecule has 0 bridgehead atoms. The highest BCUT2D eigenvalue weighted by Gasteiger charge is 2.09. The van der Waals surface area contributed by atoms with Crippen LogP contribution in [0.3, 0.4) is 0 Å². The standard InChI is InChI=1S/C20H19ClN4O/c1-13-3-5-15(6-4-13)11-22-20(26)18-10-19(24-12-23-18)25-17-8-7-16(21)9-14(17)2/h3-10,12H,11H2,1-2H3,(H,22,26)(H,23,24,25). The van der Waals surface area contributed by atoms with E-state index in [9.17, 15) is 4.79 Å². The van der Waals surface area contributed by atoms with Crippen LogP contribution in [0.25, 0.3) is 0 Å². The fourth-order valence-corrected chi connectivity index (χ4v) is 2.66. The van der Waals surface area contributed by atoms with Crippen molar-refractivity contribution in [1.82, 2.24) is 15.3 Å². The van der Waals surface area contributed by atoms with E-state index in [1.54, 1.807) is 12.1 Å².